The standard InChI is InChI=1S/H4O3P2S4/c1-4(2,6)3-5(7,8)9/h(H2,1,2,6)(H2,7,8,9). The van der Waals surface area contributed by atoms with Crippen molar-refractivity contribution < 1.29 is 14.1 Å². The summed E-state index contributed by atoms with van der Waals surface area (Å²) in [5, 5.41) is 0. The van der Waals surface area contributed by atoms with Gasteiger partial charge in [0.25, 0.3) is 0 Å². The van der Waals surface area contributed by atoms with Gasteiger partial charge in [-0.1, -0.05) is 0 Å². The maximum absolute atomic E-state index is 8.48. The van der Waals surface area contributed by atoms with Crippen LogP contribution in [0.25, 0.3) is 0 Å². The summed E-state index contributed by atoms with van der Waals surface area (Å²) in [5.74, 6) is 0. The third-order valence-electron chi connectivity index (χ3n) is 0.213. The molecule has 56 valence electrons. The predicted octanol–water partition coefficient (Wildman–Crippen LogP) is 1.30. The smallest absolute Gasteiger partial charge is 0.324 e. The first-order chi connectivity index (χ1) is 3.71. The topological polar surface area (TPSA) is 49.7 Å². The molecular weight excluding hydrogens is 238 g/mol. The van der Waals surface area contributed by atoms with Gasteiger partial charge in [-0.25, -0.2) is 0 Å². The highest BCUT2D eigenvalue weighted by molar-refractivity contribution is 8.91. The highest BCUT2D eigenvalue weighted by Crippen LogP contribution is 2.66. The molecule has 0 spiro atoms. The Balaban J connectivity index is 4.07. The van der Waals surface area contributed by atoms with Crippen LogP contribution in [0.4, 0.5) is 0 Å². The van der Waals surface area contributed by atoms with Crippen molar-refractivity contribution in [3.63, 3.8) is 0 Å². The Morgan fingerprint density at radius 3 is 1.56 bits per heavy atom. The molecule has 0 aromatic rings. The molecule has 0 fully saturated rings. The molecule has 0 aliphatic carbocycles. The van der Waals surface area contributed by atoms with E-state index in [0.29, 0.717) is 0 Å². The van der Waals surface area contributed by atoms with Crippen molar-refractivity contribution in [3.8, 4) is 0 Å². The fourth-order valence-corrected chi connectivity index (χ4v) is 6.09. The van der Waals surface area contributed by atoms with Gasteiger partial charge in [-0.15, -0.1) is 24.5 Å². The molecule has 0 saturated heterocycles. The van der Waals surface area contributed by atoms with Crippen molar-refractivity contribution in [2.45, 2.75) is 0 Å². The van der Waals surface area contributed by atoms with Gasteiger partial charge in [-0.2, -0.15) is 0 Å². The molecule has 0 saturated carbocycles. The summed E-state index contributed by atoms with van der Waals surface area (Å²) in [6, 6.07) is 0. The summed E-state index contributed by atoms with van der Waals surface area (Å²) in [6.45, 7) is -3.66. The second kappa shape index (κ2) is 3.52. The zero-order valence-electron chi connectivity index (χ0n) is 3.91. The lowest BCUT2D eigenvalue weighted by atomic mass is 15.8. The van der Waals surface area contributed by atoms with Gasteiger partial charge < -0.3 is 9.79 Å². The molecule has 0 aromatic heterocycles. The van der Waals surface area contributed by atoms with Crippen molar-refractivity contribution in [1.29, 1.82) is 0 Å². The molecule has 9 heavy (non-hydrogen) atoms. The van der Waals surface area contributed by atoms with Crippen LogP contribution in [0.15, 0.2) is 0 Å². The van der Waals surface area contributed by atoms with Crippen molar-refractivity contribution in [3.05, 3.63) is 0 Å². The predicted molar refractivity (Wildman–Crippen MR) is 52.1 cm³/mol. The van der Waals surface area contributed by atoms with Crippen molar-refractivity contribution in [1.82, 2.24) is 0 Å². The average Bonchev–Trinajstić information content (AvgIpc) is 1.14. The van der Waals surface area contributed by atoms with E-state index in [9.17, 15) is 0 Å². The Kier molecular flexibility index (Phi) is 4.25. The van der Waals surface area contributed by atoms with Gasteiger partial charge in [0.15, 0.2) is 4.67 Å². The van der Waals surface area contributed by atoms with E-state index in [-0.39, 0.29) is 0 Å². The molecule has 0 atom stereocenters. The molecule has 0 bridgehead atoms. The second-order valence-corrected chi connectivity index (χ2v) is 12.6. The molecule has 0 radical (unpaired) electrons. The zero-order valence-corrected chi connectivity index (χ0v) is 9.12. The molecule has 2 N–H and O–H groups in total. The monoisotopic (exact) mass is 242 g/mol. The van der Waals surface area contributed by atoms with Crippen molar-refractivity contribution in [2.24, 2.45) is 0 Å². The summed E-state index contributed by atoms with van der Waals surface area (Å²) < 4.78 is 1.70. The van der Waals surface area contributed by atoms with E-state index in [0.717, 1.165) is 0 Å². The highest BCUT2D eigenvalue weighted by Gasteiger charge is 2.16. The third kappa shape index (κ3) is 9.88. The van der Waals surface area contributed by atoms with E-state index in [1.54, 1.807) is 0 Å². The summed E-state index contributed by atoms with van der Waals surface area (Å²) >= 11 is 15.9. The molecule has 9 heteroatoms. The SMILES string of the molecule is OP(O)(=S)OP(=S)(S)S. The van der Waals surface area contributed by atoms with Gasteiger partial charge in [0, 0.05) is 0 Å². The summed E-state index contributed by atoms with van der Waals surface area (Å²) in [6.07, 6.45) is 0. The largest absolute Gasteiger partial charge is 0.327 e. The first kappa shape index (κ1) is 10.9. The number of hydrogen-bond donors (Lipinski definition) is 4. The molecule has 0 aromatic carbocycles. The minimum absolute atomic E-state index is 2.62. The first-order valence-corrected chi connectivity index (χ1v) is 9.18. The number of rotatable bonds is 2. The maximum atomic E-state index is 8.48. The molecule has 0 amide bonds. The van der Waals surface area contributed by atoms with E-state index in [4.69, 9.17) is 9.79 Å². The van der Waals surface area contributed by atoms with Crippen LogP contribution in [-0.2, 0) is 27.9 Å². The first-order valence-electron chi connectivity index (χ1n) is 1.53. The lowest BCUT2D eigenvalue weighted by molar-refractivity contribution is 0.390. The molecule has 0 heterocycles. The summed E-state index contributed by atoms with van der Waals surface area (Å²) in [7, 11) is 0. The van der Waals surface area contributed by atoms with Crippen molar-refractivity contribution in [2.75, 3.05) is 0 Å². The normalized spacial score (nSPS) is 13.8. The Morgan fingerprint density at radius 1 is 1.22 bits per heavy atom. The molecule has 0 aliphatic rings. The van der Waals surface area contributed by atoms with Crippen molar-refractivity contribution >= 4 is 59.5 Å². The van der Waals surface area contributed by atoms with Gasteiger partial charge in [-0.3, -0.25) is 4.31 Å². The van der Waals surface area contributed by atoms with E-state index >= 15 is 0 Å². The van der Waals surface area contributed by atoms with Gasteiger partial charge >= 0.3 is 6.72 Å². The van der Waals surface area contributed by atoms with Crippen LogP contribution in [0.3, 0.4) is 0 Å². The summed E-state index contributed by atoms with van der Waals surface area (Å²) in [5.41, 5.74) is 0. The second-order valence-electron chi connectivity index (χ2n) is 1.06. The Hall–Kier alpha value is 1.88. The van der Waals surface area contributed by atoms with E-state index in [1.165, 1.54) is 0 Å². The lowest BCUT2D eigenvalue weighted by Crippen LogP contribution is -1.76. The van der Waals surface area contributed by atoms with Gasteiger partial charge in [0.05, 0.1) is 0 Å². The van der Waals surface area contributed by atoms with E-state index < -0.39 is 11.4 Å². The highest BCUT2D eigenvalue weighted by atomic mass is 33.2. The van der Waals surface area contributed by atoms with Crippen LogP contribution >= 0.6 is 35.9 Å². The molecule has 0 unspecified atom stereocenters. The number of thiol groups is 2. The minimum Gasteiger partial charge on any atom is -0.324 e. The quantitative estimate of drug-likeness (QED) is 0.434. The molecular formula is H4O3P2S4. The Morgan fingerprint density at radius 2 is 1.56 bits per heavy atom. The Labute approximate surface area is 73.5 Å². The molecule has 0 aliphatic heterocycles. The molecule has 3 nitrogen and oxygen atoms in total. The van der Waals surface area contributed by atoms with Crippen LogP contribution < -0.4 is 0 Å². The fourth-order valence-electron chi connectivity index (χ4n) is 0.139. The average molecular weight is 242 g/mol. The van der Waals surface area contributed by atoms with Crippen LogP contribution in [0, 0.1) is 0 Å². The third-order valence-corrected chi connectivity index (χ3v) is 4.43. The van der Waals surface area contributed by atoms with Gasteiger partial charge in [0.1, 0.15) is 0 Å². The zero-order chi connectivity index (χ0) is 7.71. The van der Waals surface area contributed by atoms with Crippen LogP contribution in [0.2, 0.25) is 0 Å². The maximum Gasteiger partial charge on any atom is 0.327 e. The van der Waals surface area contributed by atoms with Crippen LogP contribution in [0.1, 0.15) is 0 Å². The van der Waals surface area contributed by atoms with Crippen LogP contribution in [-0.4, -0.2) is 9.79 Å². The lowest BCUT2D eigenvalue weighted by Gasteiger charge is -2.12. The molecule has 0 rings (SSSR count). The minimum atomic E-state index is -3.66. The Bertz CT molecular complexity index is 154. The summed E-state index contributed by atoms with van der Waals surface area (Å²) in [4.78, 5) is 17.0. The number of hydrogen-bond acceptors (Lipinski definition) is 3. The van der Waals surface area contributed by atoms with Gasteiger partial charge in [0.2, 0.25) is 0 Å². The van der Waals surface area contributed by atoms with E-state index in [1.807, 2.05) is 0 Å². The fraction of sp³-hybridized carbons (Fsp3) is 0. The van der Waals surface area contributed by atoms with Gasteiger partial charge in [-0.05, 0) is 23.6 Å². The van der Waals surface area contributed by atoms with E-state index in [2.05, 4.69) is 52.4 Å². The van der Waals surface area contributed by atoms with Crippen LogP contribution in [0.5, 0.6) is 0 Å².